The molecule has 0 bridgehead atoms. The maximum Gasteiger partial charge on any atom is 0.147 e. The first-order chi connectivity index (χ1) is 14.5. The van der Waals surface area contributed by atoms with Gasteiger partial charge >= 0.3 is 0 Å². The molecular formula is C22H34N8. The summed E-state index contributed by atoms with van der Waals surface area (Å²) in [4.78, 5) is 28.1. The minimum atomic E-state index is 0.598. The van der Waals surface area contributed by atoms with E-state index in [4.69, 9.17) is 0 Å². The van der Waals surface area contributed by atoms with Gasteiger partial charge in [-0.1, -0.05) is 0 Å². The lowest BCUT2D eigenvalue weighted by Crippen LogP contribution is -2.49. The van der Waals surface area contributed by atoms with E-state index in [0.717, 1.165) is 75.4 Å². The summed E-state index contributed by atoms with van der Waals surface area (Å²) in [6.45, 7) is 17.2. The van der Waals surface area contributed by atoms with Crippen LogP contribution in [-0.4, -0.2) is 94.2 Å². The van der Waals surface area contributed by atoms with Crippen LogP contribution in [0, 0.1) is 0 Å². The lowest BCUT2D eigenvalue weighted by Gasteiger charge is -2.37. The summed E-state index contributed by atoms with van der Waals surface area (Å²) in [6.07, 6.45) is 7.35. The van der Waals surface area contributed by atoms with Crippen LogP contribution in [0.2, 0.25) is 0 Å². The Balaban J connectivity index is 1.36. The zero-order valence-electron chi connectivity index (χ0n) is 18.7. The molecule has 0 amide bonds. The van der Waals surface area contributed by atoms with Crippen molar-refractivity contribution < 1.29 is 0 Å². The van der Waals surface area contributed by atoms with Crippen LogP contribution in [0.25, 0.3) is 11.4 Å². The molecule has 8 nitrogen and oxygen atoms in total. The van der Waals surface area contributed by atoms with Crippen LogP contribution in [0.15, 0.2) is 24.8 Å². The van der Waals surface area contributed by atoms with Crippen molar-refractivity contribution in [3.05, 3.63) is 24.8 Å². The first-order valence-electron chi connectivity index (χ1n) is 11.1. The van der Waals surface area contributed by atoms with Crippen molar-refractivity contribution >= 4 is 11.6 Å². The number of hydrogen-bond acceptors (Lipinski definition) is 8. The molecule has 2 aliphatic heterocycles. The second-order valence-electron chi connectivity index (χ2n) is 8.75. The molecule has 2 saturated heterocycles. The van der Waals surface area contributed by atoms with Crippen LogP contribution in [0.1, 0.15) is 27.7 Å². The standard InChI is InChI=1S/C22H34N8/c1-17(2)27-5-9-29(10-6-27)21-15-23-19(13-25-21)20-14-26-22(16-24-20)30-11-7-28(8-12-30)18(3)4/h13-18H,5-12H2,1-4H3. The van der Waals surface area contributed by atoms with Gasteiger partial charge in [0.25, 0.3) is 0 Å². The molecular weight excluding hydrogens is 376 g/mol. The summed E-state index contributed by atoms with van der Waals surface area (Å²) >= 11 is 0. The molecule has 30 heavy (non-hydrogen) atoms. The Morgan fingerprint density at radius 1 is 0.533 bits per heavy atom. The lowest BCUT2D eigenvalue weighted by molar-refractivity contribution is 0.209. The molecule has 0 N–H and O–H groups in total. The zero-order valence-corrected chi connectivity index (χ0v) is 18.7. The highest BCUT2D eigenvalue weighted by Crippen LogP contribution is 2.20. The number of nitrogens with zero attached hydrogens (tertiary/aromatic N) is 8. The second-order valence-corrected chi connectivity index (χ2v) is 8.75. The summed E-state index contributed by atoms with van der Waals surface area (Å²) in [5, 5.41) is 0. The molecule has 4 heterocycles. The highest BCUT2D eigenvalue weighted by Gasteiger charge is 2.21. The monoisotopic (exact) mass is 410 g/mol. The van der Waals surface area contributed by atoms with Crippen molar-refractivity contribution in [3.8, 4) is 11.4 Å². The number of piperazine rings is 2. The third-order valence-corrected chi connectivity index (χ3v) is 6.28. The van der Waals surface area contributed by atoms with Crippen molar-refractivity contribution in [2.45, 2.75) is 39.8 Å². The summed E-state index contributed by atoms with van der Waals surface area (Å²) < 4.78 is 0. The highest BCUT2D eigenvalue weighted by molar-refractivity contribution is 5.54. The fourth-order valence-corrected chi connectivity index (χ4v) is 4.17. The Morgan fingerprint density at radius 2 is 0.900 bits per heavy atom. The summed E-state index contributed by atoms with van der Waals surface area (Å²) in [6, 6.07) is 1.20. The van der Waals surface area contributed by atoms with Crippen molar-refractivity contribution in [2.24, 2.45) is 0 Å². The molecule has 2 aromatic rings. The topological polar surface area (TPSA) is 64.5 Å². The summed E-state index contributed by atoms with van der Waals surface area (Å²) in [7, 11) is 0. The third-order valence-electron chi connectivity index (χ3n) is 6.28. The summed E-state index contributed by atoms with van der Waals surface area (Å²) in [5.41, 5.74) is 1.53. The SMILES string of the molecule is CC(C)N1CCN(c2cnc(-c3cnc(N4CCN(C(C)C)CC4)cn3)cn2)CC1. The Hall–Kier alpha value is -2.32. The van der Waals surface area contributed by atoms with Crippen molar-refractivity contribution in [1.82, 2.24) is 29.7 Å². The van der Waals surface area contributed by atoms with Crippen LogP contribution >= 0.6 is 0 Å². The predicted octanol–water partition coefficient (Wildman–Crippen LogP) is 1.99. The van der Waals surface area contributed by atoms with Gasteiger partial charge in [0.1, 0.15) is 23.0 Å². The normalized spacial score (nSPS) is 19.1. The molecule has 162 valence electrons. The molecule has 2 aromatic heterocycles. The van der Waals surface area contributed by atoms with Gasteiger partial charge in [0, 0.05) is 64.4 Å². The van der Waals surface area contributed by atoms with Gasteiger partial charge in [-0.3, -0.25) is 9.80 Å². The summed E-state index contributed by atoms with van der Waals surface area (Å²) in [5.74, 6) is 1.88. The van der Waals surface area contributed by atoms with E-state index >= 15 is 0 Å². The molecule has 0 saturated carbocycles. The van der Waals surface area contributed by atoms with E-state index in [-0.39, 0.29) is 0 Å². The van der Waals surface area contributed by atoms with Gasteiger partial charge in [0.05, 0.1) is 24.8 Å². The van der Waals surface area contributed by atoms with Crippen LogP contribution in [-0.2, 0) is 0 Å². The van der Waals surface area contributed by atoms with Crippen molar-refractivity contribution in [1.29, 1.82) is 0 Å². The largest absolute Gasteiger partial charge is 0.353 e. The van der Waals surface area contributed by atoms with Crippen molar-refractivity contribution in [2.75, 3.05) is 62.2 Å². The van der Waals surface area contributed by atoms with Crippen molar-refractivity contribution in [3.63, 3.8) is 0 Å². The maximum absolute atomic E-state index is 4.65. The smallest absolute Gasteiger partial charge is 0.147 e. The molecule has 0 unspecified atom stereocenters. The van der Waals surface area contributed by atoms with E-state index in [1.807, 2.05) is 24.8 Å². The van der Waals surface area contributed by atoms with Gasteiger partial charge in [0.15, 0.2) is 0 Å². The number of rotatable bonds is 5. The van der Waals surface area contributed by atoms with Crippen LogP contribution in [0.5, 0.6) is 0 Å². The van der Waals surface area contributed by atoms with Gasteiger partial charge in [-0.15, -0.1) is 0 Å². The number of hydrogen-bond donors (Lipinski definition) is 0. The van der Waals surface area contributed by atoms with E-state index in [1.54, 1.807) is 0 Å². The fraction of sp³-hybridized carbons (Fsp3) is 0.636. The quantitative estimate of drug-likeness (QED) is 0.742. The average molecular weight is 411 g/mol. The molecule has 4 rings (SSSR count). The molecule has 0 atom stereocenters. The first-order valence-corrected chi connectivity index (χ1v) is 11.1. The minimum absolute atomic E-state index is 0.598. The first kappa shape index (κ1) is 20.9. The Bertz CT molecular complexity index is 719. The highest BCUT2D eigenvalue weighted by atomic mass is 15.3. The van der Waals surface area contributed by atoms with E-state index in [0.29, 0.717) is 12.1 Å². The fourth-order valence-electron chi connectivity index (χ4n) is 4.17. The molecule has 2 fully saturated rings. The molecule has 0 radical (unpaired) electrons. The second kappa shape index (κ2) is 9.22. The Labute approximate surface area is 180 Å². The molecule has 0 spiro atoms. The number of aromatic nitrogens is 4. The van der Waals surface area contributed by atoms with E-state index in [9.17, 15) is 0 Å². The van der Waals surface area contributed by atoms with E-state index < -0.39 is 0 Å². The predicted molar refractivity (Wildman–Crippen MR) is 121 cm³/mol. The number of anilines is 2. The zero-order chi connectivity index (χ0) is 21.1. The van der Waals surface area contributed by atoms with Gasteiger partial charge in [-0.05, 0) is 27.7 Å². The van der Waals surface area contributed by atoms with Crippen LogP contribution in [0.4, 0.5) is 11.6 Å². The lowest BCUT2D eigenvalue weighted by atomic mass is 10.2. The molecule has 0 aromatic carbocycles. The molecule has 2 aliphatic rings. The van der Waals surface area contributed by atoms with Gasteiger partial charge < -0.3 is 9.80 Å². The minimum Gasteiger partial charge on any atom is -0.353 e. The van der Waals surface area contributed by atoms with Gasteiger partial charge in [-0.25, -0.2) is 19.9 Å². The maximum atomic E-state index is 4.65. The van der Waals surface area contributed by atoms with E-state index in [1.165, 1.54) is 0 Å². The van der Waals surface area contributed by atoms with Gasteiger partial charge in [-0.2, -0.15) is 0 Å². The average Bonchev–Trinajstić information content (AvgIpc) is 2.79. The Kier molecular flexibility index (Phi) is 6.43. The van der Waals surface area contributed by atoms with E-state index in [2.05, 4.69) is 67.2 Å². The molecule has 0 aliphatic carbocycles. The van der Waals surface area contributed by atoms with Gasteiger partial charge in [0.2, 0.25) is 0 Å². The Morgan fingerprint density at radius 3 is 1.17 bits per heavy atom. The third kappa shape index (κ3) is 4.70. The van der Waals surface area contributed by atoms with Crippen LogP contribution < -0.4 is 9.80 Å². The molecule has 8 heteroatoms. The van der Waals surface area contributed by atoms with Crippen LogP contribution in [0.3, 0.4) is 0 Å².